The van der Waals surface area contributed by atoms with E-state index in [1.807, 2.05) is 41.7 Å². The van der Waals surface area contributed by atoms with E-state index < -0.39 is 12.7 Å². The number of aromatic nitrogens is 4. The summed E-state index contributed by atoms with van der Waals surface area (Å²) in [4.78, 5) is 16.7. The number of nitrogens with one attached hydrogen (secondary N) is 3. The lowest BCUT2D eigenvalue weighted by atomic mass is 9.88. The SMILES string of the molecule is CCC(CCO)(CCNSC)n1cc(-c2ccnc3[nH]ccc23)cn1.O=CNCC(F)(F)F. The Kier molecular flexibility index (Phi) is 10.2. The average molecular weight is 487 g/mol. The molecule has 3 aromatic heterocycles. The van der Waals surface area contributed by atoms with Gasteiger partial charge in [0, 0.05) is 42.7 Å². The highest BCUT2D eigenvalue weighted by molar-refractivity contribution is 7.96. The van der Waals surface area contributed by atoms with Crippen molar-refractivity contribution in [3.05, 3.63) is 36.9 Å². The molecule has 3 aromatic rings. The number of hydrogen-bond acceptors (Lipinski definition) is 6. The fourth-order valence-corrected chi connectivity index (χ4v) is 3.86. The number of pyridine rings is 1. The molecule has 1 unspecified atom stereocenters. The first-order valence-electron chi connectivity index (χ1n) is 10.4. The molecule has 33 heavy (non-hydrogen) atoms. The van der Waals surface area contributed by atoms with Crippen molar-refractivity contribution in [1.29, 1.82) is 0 Å². The summed E-state index contributed by atoms with van der Waals surface area (Å²) >= 11 is 1.62. The number of carbonyl (C=O) groups is 1. The topological polar surface area (TPSA) is 108 Å². The summed E-state index contributed by atoms with van der Waals surface area (Å²) < 4.78 is 38.4. The van der Waals surface area contributed by atoms with Crippen LogP contribution in [0.3, 0.4) is 0 Å². The zero-order valence-corrected chi connectivity index (χ0v) is 19.3. The molecule has 0 aliphatic carbocycles. The highest BCUT2D eigenvalue weighted by Gasteiger charge is 2.30. The Morgan fingerprint density at radius 3 is 2.70 bits per heavy atom. The van der Waals surface area contributed by atoms with Crippen LogP contribution in [0.15, 0.2) is 36.9 Å². The Morgan fingerprint density at radius 1 is 1.30 bits per heavy atom. The minimum absolute atomic E-state index is 0.00743. The molecule has 0 radical (unpaired) electrons. The predicted octanol–water partition coefficient (Wildman–Crippen LogP) is 3.47. The van der Waals surface area contributed by atoms with Crippen molar-refractivity contribution in [3.63, 3.8) is 0 Å². The summed E-state index contributed by atoms with van der Waals surface area (Å²) in [6.07, 6.45) is 7.99. The zero-order chi connectivity index (χ0) is 24.3. The smallest absolute Gasteiger partial charge is 0.396 e. The molecule has 0 saturated carbocycles. The number of H-pyrrole nitrogens is 1. The van der Waals surface area contributed by atoms with Crippen LogP contribution < -0.4 is 10.0 Å². The highest BCUT2D eigenvalue weighted by atomic mass is 32.2. The number of carbonyl (C=O) groups excluding carboxylic acids is 1. The standard InChI is InChI=1S/C18H25N5OS.C3H4F3NO/c1-3-18(7-11-24,6-10-22-25-2)23-13-14(12-21-23)15-4-8-19-17-16(15)5-9-20-17;4-3(5,6)1-7-2-8/h4-5,8-9,12-13,22,24H,3,6-7,10-11H2,1-2H3,(H,19,20);2H,1H2,(H,7,8). The first-order valence-corrected chi connectivity index (χ1v) is 11.6. The third kappa shape index (κ3) is 7.47. The zero-order valence-electron chi connectivity index (χ0n) is 18.5. The van der Waals surface area contributed by atoms with Crippen molar-refractivity contribution in [2.24, 2.45) is 0 Å². The van der Waals surface area contributed by atoms with Crippen molar-refractivity contribution in [1.82, 2.24) is 29.8 Å². The number of alkyl halides is 3. The van der Waals surface area contributed by atoms with Gasteiger partial charge < -0.3 is 15.4 Å². The van der Waals surface area contributed by atoms with Gasteiger partial charge in [0.05, 0.1) is 11.7 Å². The van der Waals surface area contributed by atoms with Gasteiger partial charge in [0.25, 0.3) is 0 Å². The number of fused-ring (bicyclic) bond motifs is 1. The Balaban J connectivity index is 0.000000414. The van der Waals surface area contributed by atoms with E-state index >= 15 is 0 Å². The quantitative estimate of drug-likeness (QED) is 0.188. The molecular weight excluding hydrogens is 457 g/mol. The highest BCUT2D eigenvalue weighted by Crippen LogP contribution is 2.32. The summed E-state index contributed by atoms with van der Waals surface area (Å²) in [6.45, 7) is 1.94. The van der Waals surface area contributed by atoms with Crippen LogP contribution in [0.25, 0.3) is 22.2 Å². The van der Waals surface area contributed by atoms with Gasteiger partial charge in [-0.3, -0.25) is 14.2 Å². The molecule has 0 saturated heterocycles. The molecule has 12 heteroatoms. The van der Waals surface area contributed by atoms with Crippen molar-refractivity contribution in [2.45, 2.75) is 37.9 Å². The lowest BCUT2D eigenvalue weighted by molar-refractivity contribution is -0.132. The molecule has 4 N–H and O–H groups in total. The van der Waals surface area contributed by atoms with Crippen molar-refractivity contribution in [3.8, 4) is 11.1 Å². The van der Waals surface area contributed by atoms with Gasteiger partial charge in [-0.1, -0.05) is 18.9 Å². The number of amides is 1. The molecule has 182 valence electrons. The van der Waals surface area contributed by atoms with E-state index in [4.69, 9.17) is 0 Å². The van der Waals surface area contributed by atoms with Crippen molar-refractivity contribution >= 4 is 29.4 Å². The third-order valence-corrected chi connectivity index (χ3v) is 5.79. The fraction of sp³-hybridized carbons (Fsp3) is 0.476. The summed E-state index contributed by atoms with van der Waals surface area (Å²) in [6, 6.07) is 4.06. The van der Waals surface area contributed by atoms with E-state index in [0.717, 1.165) is 41.5 Å². The Labute approximate surface area is 194 Å². The van der Waals surface area contributed by atoms with E-state index in [1.165, 1.54) is 5.32 Å². The summed E-state index contributed by atoms with van der Waals surface area (Å²) in [5.41, 5.74) is 2.89. The molecule has 0 bridgehead atoms. The number of halogens is 3. The maximum Gasteiger partial charge on any atom is 0.405 e. The van der Waals surface area contributed by atoms with Gasteiger partial charge in [-0.2, -0.15) is 18.3 Å². The van der Waals surface area contributed by atoms with Crippen LogP contribution in [-0.2, 0) is 10.3 Å². The van der Waals surface area contributed by atoms with Crippen LogP contribution >= 0.6 is 11.9 Å². The number of aromatic amines is 1. The predicted molar refractivity (Wildman–Crippen MR) is 124 cm³/mol. The van der Waals surface area contributed by atoms with Crippen LogP contribution in [0, 0.1) is 0 Å². The van der Waals surface area contributed by atoms with Crippen LogP contribution in [0.1, 0.15) is 26.2 Å². The maximum absolute atomic E-state index is 11.0. The van der Waals surface area contributed by atoms with Gasteiger partial charge in [0.1, 0.15) is 12.2 Å². The summed E-state index contributed by atoms with van der Waals surface area (Å²) in [5.74, 6) is 0. The second kappa shape index (κ2) is 12.6. The number of nitrogens with zero attached hydrogens (tertiary/aromatic N) is 3. The van der Waals surface area contributed by atoms with Crippen LogP contribution in [-0.4, -0.2) is 63.4 Å². The lowest BCUT2D eigenvalue weighted by Crippen LogP contribution is -2.37. The van der Waals surface area contributed by atoms with Crippen molar-refractivity contribution < 1.29 is 23.1 Å². The van der Waals surface area contributed by atoms with Gasteiger partial charge in [-0.15, -0.1) is 0 Å². The minimum Gasteiger partial charge on any atom is -0.396 e. The van der Waals surface area contributed by atoms with Gasteiger partial charge >= 0.3 is 6.18 Å². The average Bonchev–Trinajstić information content (AvgIpc) is 3.47. The first kappa shape index (κ1) is 26.7. The van der Waals surface area contributed by atoms with Gasteiger partial charge in [-0.25, -0.2) is 4.98 Å². The molecule has 0 spiro atoms. The Morgan fingerprint density at radius 2 is 2.09 bits per heavy atom. The minimum atomic E-state index is -4.29. The van der Waals surface area contributed by atoms with Gasteiger partial charge in [-0.05, 0) is 43.2 Å². The molecule has 0 aliphatic heterocycles. The molecule has 1 amide bonds. The second-order valence-electron chi connectivity index (χ2n) is 7.29. The third-order valence-electron chi connectivity index (χ3n) is 5.30. The van der Waals surface area contributed by atoms with Crippen LogP contribution in [0.4, 0.5) is 13.2 Å². The number of aliphatic hydroxyl groups is 1. The molecule has 0 aliphatic rings. The number of hydrogen-bond donors (Lipinski definition) is 4. The Bertz CT molecular complexity index is 994. The largest absolute Gasteiger partial charge is 0.405 e. The fourth-order valence-electron chi connectivity index (χ4n) is 3.55. The molecule has 0 fully saturated rings. The maximum atomic E-state index is 11.0. The normalized spacial score (nSPS) is 13.3. The van der Waals surface area contributed by atoms with E-state index in [0.29, 0.717) is 6.42 Å². The number of aliphatic hydroxyl groups excluding tert-OH is 1. The molecule has 8 nitrogen and oxygen atoms in total. The molecular formula is C21H29F3N6O2S. The molecule has 3 heterocycles. The van der Waals surface area contributed by atoms with Gasteiger partial charge in [0.15, 0.2) is 0 Å². The van der Waals surface area contributed by atoms with E-state index in [-0.39, 0.29) is 18.6 Å². The van der Waals surface area contributed by atoms with Crippen LogP contribution in [0.2, 0.25) is 0 Å². The number of rotatable bonds is 11. The van der Waals surface area contributed by atoms with E-state index in [1.54, 1.807) is 11.9 Å². The Hall–Kier alpha value is -2.57. The van der Waals surface area contributed by atoms with Crippen molar-refractivity contribution in [2.75, 3.05) is 26.0 Å². The summed E-state index contributed by atoms with van der Waals surface area (Å²) in [7, 11) is 0. The second-order valence-corrected chi connectivity index (χ2v) is 7.98. The molecule has 3 rings (SSSR count). The first-order chi connectivity index (χ1) is 15.8. The van der Waals surface area contributed by atoms with E-state index in [2.05, 4.69) is 32.9 Å². The monoisotopic (exact) mass is 486 g/mol. The van der Waals surface area contributed by atoms with Crippen LogP contribution in [0.5, 0.6) is 0 Å². The molecule has 0 aromatic carbocycles. The lowest BCUT2D eigenvalue weighted by Gasteiger charge is -2.33. The van der Waals surface area contributed by atoms with E-state index in [9.17, 15) is 23.1 Å². The summed E-state index contributed by atoms with van der Waals surface area (Å²) in [5, 5.41) is 16.8. The molecule has 1 atom stereocenters. The van der Waals surface area contributed by atoms with Gasteiger partial charge in [0.2, 0.25) is 6.41 Å².